The van der Waals surface area contributed by atoms with Crippen LogP contribution in [-0.2, 0) is 14.8 Å². The lowest BCUT2D eigenvalue weighted by Crippen LogP contribution is -2.24. The second kappa shape index (κ2) is 8.56. The van der Waals surface area contributed by atoms with Gasteiger partial charge in [-0.3, -0.25) is 0 Å². The number of nitrogens with one attached hydrogen (secondary N) is 1. The lowest BCUT2D eigenvalue weighted by atomic mass is 10.1. The lowest BCUT2D eigenvalue weighted by Gasteiger charge is -2.14. The first kappa shape index (κ1) is 19.6. The topological polar surface area (TPSA) is 96.3 Å². The van der Waals surface area contributed by atoms with Gasteiger partial charge in [0.2, 0.25) is 10.0 Å². The Bertz CT molecular complexity index is 904. The molecule has 26 heavy (non-hydrogen) atoms. The molecule has 8 heteroatoms. The Labute approximate surface area is 151 Å². The van der Waals surface area contributed by atoms with Gasteiger partial charge in [0.25, 0.3) is 0 Å². The number of halogens is 1. The first-order valence-corrected chi connectivity index (χ1v) is 9.25. The highest BCUT2D eigenvalue weighted by Gasteiger charge is 2.17. The molecule has 2 aromatic rings. The third-order valence-corrected chi connectivity index (χ3v) is 5.03. The zero-order valence-corrected chi connectivity index (χ0v) is 14.8. The number of hydrogen-bond acceptors (Lipinski definition) is 5. The largest absolute Gasteiger partial charge is 0.454 e. The summed E-state index contributed by atoms with van der Waals surface area (Å²) in [5.41, 5.74) is 0.829. The predicted octanol–water partition coefficient (Wildman–Crippen LogP) is 2.94. The molecule has 2 rings (SSSR count). The van der Waals surface area contributed by atoms with Crippen molar-refractivity contribution in [3.63, 3.8) is 0 Å². The number of rotatable bonds is 7. The quantitative estimate of drug-likeness (QED) is 0.592. The Kier molecular flexibility index (Phi) is 6.44. The number of nitriles is 1. The standard InChI is InChI=1S/C18H17FN2O4S/c1-13(14-3-7-16(19)8-4-14)25-18(22)15-5-9-17(10-6-15)26(23,24)21-12-2-11-20/h3-10,13,21H,2,12H2,1H3/t13-/m1/s1. The normalized spacial score (nSPS) is 12.2. The van der Waals surface area contributed by atoms with Crippen LogP contribution in [0.5, 0.6) is 0 Å². The van der Waals surface area contributed by atoms with Gasteiger partial charge in [0, 0.05) is 13.0 Å². The van der Waals surface area contributed by atoms with Gasteiger partial charge in [-0.1, -0.05) is 12.1 Å². The highest BCUT2D eigenvalue weighted by atomic mass is 32.2. The summed E-state index contributed by atoms with van der Waals surface area (Å²) in [6, 6.07) is 12.7. The summed E-state index contributed by atoms with van der Waals surface area (Å²) in [4.78, 5) is 12.2. The van der Waals surface area contributed by atoms with Crippen molar-refractivity contribution in [2.75, 3.05) is 6.54 Å². The van der Waals surface area contributed by atoms with Crippen LogP contribution in [0, 0.1) is 17.1 Å². The average Bonchev–Trinajstić information content (AvgIpc) is 2.62. The second-order valence-corrected chi connectivity index (χ2v) is 7.20. The molecule has 0 unspecified atom stereocenters. The van der Waals surface area contributed by atoms with E-state index in [1.807, 2.05) is 6.07 Å². The van der Waals surface area contributed by atoms with Gasteiger partial charge in [0.1, 0.15) is 11.9 Å². The summed E-state index contributed by atoms with van der Waals surface area (Å²) < 4.78 is 44.5. The predicted molar refractivity (Wildman–Crippen MR) is 92.1 cm³/mol. The Hall–Kier alpha value is -2.76. The minimum Gasteiger partial charge on any atom is -0.454 e. The monoisotopic (exact) mass is 376 g/mol. The highest BCUT2D eigenvalue weighted by Crippen LogP contribution is 2.19. The van der Waals surface area contributed by atoms with E-state index in [4.69, 9.17) is 10.00 Å². The van der Waals surface area contributed by atoms with Crippen molar-refractivity contribution < 1.29 is 22.3 Å². The fourth-order valence-electron chi connectivity index (χ4n) is 2.13. The Morgan fingerprint density at radius 2 is 1.81 bits per heavy atom. The summed E-state index contributed by atoms with van der Waals surface area (Å²) in [6.07, 6.45) is -0.524. The molecular weight excluding hydrogens is 359 g/mol. The number of benzene rings is 2. The van der Waals surface area contributed by atoms with E-state index in [1.165, 1.54) is 48.5 Å². The molecule has 0 aliphatic heterocycles. The first-order valence-electron chi connectivity index (χ1n) is 7.76. The van der Waals surface area contributed by atoms with Crippen LogP contribution in [0.25, 0.3) is 0 Å². The zero-order chi connectivity index (χ0) is 19.2. The molecule has 0 bridgehead atoms. The van der Waals surface area contributed by atoms with E-state index in [0.29, 0.717) is 5.56 Å². The fourth-order valence-corrected chi connectivity index (χ4v) is 3.16. The molecule has 0 aromatic heterocycles. The van der Waals surface area contributed by atoms with E-state index in [0.717, 1.165) is 0 Å². The Balaban J connectivity index is 2.04. The van der Waals surface area contributed by atoms with Crippen LogP contribution in [0.4, 0.5) is 4.39 Å². The Morgan fingerprint density at radius 3 is 2.38 bits per heavy atom. The van der Waals surface area contributed by atoms with Crippen LogP contribution >= 0.6 is 0 Å². The number of esters is 1. The molecule has 0 spiro atoms. The van der Waals surface area contributed by atoms with Crippen molar-refractivity contribution in [3.8, 4) is 6.07 Å². The molecule has 1 N–H and O–H groups in total. The van der Waals surface area contributed by atoms with Gasteiger partial charge in [-0.25, -0.2) is 22.3 Å². The lowest BCUT2D eigenvalue weighted by molar-refractivity contribution is 0.0337. The van der Waals surface area contributed by atoms with Gasteiger partial charge in [0.05, 0.1) is 16.5 Å². The highest BCUT2D eigenvalue weighted by molar-refractivity contribution is 7.89. The summed E-state index contributed by atoms with van der Waals surface area (Å²) in [7, 11) is -3.73. The molecule has 0 saturated heterocycles. The molecule has 1 atom stereocenters. The van der Waals surface area contributed by atoms with E-state index in [9.17, 15) is 17.6 Å². The molecule has 0 heterocycles. The molecule has 0 fully saturated rings. The number of carbonyl (C=O) groups excluding carboxylic acids is 1. The maximum atomic E-state index is 12.9. The molecule has 136 valence electrons. The number of sulfonamides is 1. The number of hydrogen-bond donors (Lipinski definition) is 1. The van der Waals surface area contributed by atoms with Gasteiger partial charge in [-0.05, 0) is 48.9 Å². The van der Waals surface area contributed by atoms with Crippen LogP contribution in [0.1, 0.15) is 35.4 Å². The molecule has 6 nitrogen and oxygen atoms in total. The molecule has 0 amide bonds. The van der Waals surface area contributed by atoms with E-state index < -0.39 is 22.1 Å². The Morgan fingerprint density at radius 1 is 1.19 bits per heavy atom. The SMILES string of the molecule is C[C@@H](OC(=O)c1ccc(S(=O)(=O)NCCC#N)cc1)c1ccc(F)cc1. The van der Waals surface area contributed by atoms with Crippen LogP contribution < -0.4 is 4.72 Å². The minimum atomic E-state index is -3.73. The zero-order valence-electron chi connectivity index (χ0n) is 14.0. The van der Waals surface area contributed by atoms with Crippen molar-refractivity contribution >= 4 is 16.0 Å². The number of nitrogens with zero attached hydrogens (tertiary/aromatic N) is 1. The van der Waals surface area contributed by atoms with Crippen LogP contribution in [-0.4, -0.2) is 20.9 Å². The van der Waals surface area contributed by atoms with Gasteiger partial charge in [0.15, 0.2) is 0 Å². The molecule has 0 radical (unpaired) electrons. The van der Waals surface area contributed by atoms with Crippen LogP contribution in [0.3, 0.4) is 0 Å². The summed E-state index contributed by atoms with van der Waals surface area (Å²) in [6.45, 7) is 1.67. The third-order valence-electron chi connectivity index (χ3n) is 3.55. The minimum absolute atomic E-state index is 0.0117. The van der Waals surface area contributed by atoms with Crippen molar-refractivity contribution in [3.05, 3.63) is 65.5 Å². The van der Waals surface area contributed by atoms with Gasteiger partial charge in [-0.2, -0.15) is 5.26 Å². The van der Waals surface area contributed by atoms with E-state index in [1.54, 1.807) is 6.92 Å². The molecule has 2 aromatic carbocycles. The summed E-state index contributed by atoms with van der Waals surface area (Å²) in [5, 5.41) is 8.44. The first-order chi connectivity index (χ1) is 12.3. The van der Waals surface area contributed by atoms with Crippen LogP contribution in [0.2, 0.25) is 0 Å². The molecular formula is C18H17FN2O4S. The van der Waals surface area contributed by atoms with E-state index >= 15 is 0 Å². The van der Waals surface area contributed by atoms with Crippen LogP contribution in [0.15, 0.2) is 53.4 Å². The third kappa shape index (κ3) is 5.12. The van der Waals surface area contributed by atoms with Crippen molar-refractivity contribution in [2.45, 2.75) is 24.3 Å². The maximum absolute atomic E-state index is 12.9. The van der Waals surface area contributed by atoms with E-state index in [-0.39, 0.29) is 29.2 Å². The van der Waals surface area contributed by atoms with Crippen molar-refractivity contribution in [2.24, 2.45) is 0 Å². The maximum Gasteiger partial charge on any atom is 0.338 e. The van der Waals surface area contributed by atoms with Crippen molar-refractivity contribution in [1.82, 2.24) is 4.72 Å². The van der Waals surface area contributed by atoms with Gasteiger partial charge in [-0.15, -0.1) is 0 Å². The van der Waals surface area contributed by atoms with E-state index in [2.05, 4.69) is 4.72 Å². The summed E-state index contributed by atoms with van der Waals surface area (Å²) in [5.74, 6) is -1.00. The van der Waals surface area contributed by atoms with Gasteiger partial charge >= 0.3 is 5.97 Å². The molecule has 0 saturated carbocycles. The van der Waals surface area contributed by atoms with Gasteiger partial charge < -0.3 is 4.74 Å². The second-order valence-electron chi connectivity index (χ2n) is 5.43. The van der Waals surface area contributed by atoms with Crippen molar-refractivity contribution in [1.29, 1.82) is 5.26 Å². The molecule has 0 aliphatic carbocycles. The number of carbonyl (C=O) groups is 1. The summed E-state index contributed by atoms with van der Waals surface area (Å²) >= 11 is 0. The smallest absolute Gasteiger partial charge is 0.338 e. The average molecular weight is 376 g/mol. The molecule has 0 aliphatic rings. The fraction of sp³-hybridized carbons (Fsp3) is 0.222. The number of ether oxygens (including phenoxy) is 1.